The number of rotatable bonds is 7. The number of carbonyl (C=O) groups excluding carboxylic acids is 2. The third kappa shape index (κ3) is 4.66. The summed E-state index contributed by atoms with van der Waals surface area (Å²) in [6.45, 7) is 2.67. The number of amides is 1. The zero-order chi connectivity index (χ0) is 21.9. The maximum Gasteiger partial charge on any atom is 0.338 e. The highest BCUT2D eigenvalue weighted by atomic mass is 32.2. The standard InChI is InChI=1S/C22H24FNO5S/c1-14-9-16(21(28)29-13-22(2,11-25)12-26)5-8-18(14)24-19(27)10-30-20(24)15-3-6-17(23)7-4-15/h3-9,20,25-26H,10-13H2,1-2H3. The SMILES string of the molecule is Cc1cc(C(=O)OCC(C)(CO)CO)ccc1N1C(=O)CSC1c1ccc(F)cc1. The van der Waals surface area contributed by atoms with Gasteiger partial charge < -0.3 is 14.9 Å². The van der Waals surface area contributed by atoms with Crippen LogP contribution in [0.25, 0.3) is 0 Å². The van der Waals surface area contributed by atoms with Gasteiger partial charge in [0.15, 0.2) is 0 Å². The largest absolute Gasteiger partial charge is 0.461 e. The molecule has 1 atom stereocenters. The van der Waals surface area contributed by atoms with E-state index in [1.165, 1.54) is 23.9 Å². The molecular formula is C22H24FNO5S. The highest BCUT2D eigenvalue weighted by molar-refractivity contribution is 8.00. The zero-order valence-corrected chi connectivity index (χ0v) is 17.6. The van der Waals surface area contributed by atoms with Crippen LogP contribution in [0.15, 0.2) is 42.5 Å². The van der Waals surface area contributed by atoms with Crippen molar-refractivity contribution in [2.75, 3.05) is 30.5 Å². The van der Waals surface area contributed by atoms with E-state index in [2.05, 4.69) is 0 Å². The molecule has 1 saturated heterocycles. The summed E-state index contributed by atoms with van der Waals surface area (Å²) in [5, 5.41) is 18.4. The summed E-state index contributed by atoms with van der Waals surface area (Å²) in [6, 6.07) is 11.0. The topological polar surface area (TPSA) is 87.1 Å². The Morgan fingerprint density at radius 3 is 2.50 bits per heavy atom. The number of aliphatic hydroxyl groups excluding tert-OH is 2. The molecule has 6 nitrogen and oxygen atoms in total. The molecule has 30 heavy (non-hydrogen) atoms. The van der Waals surface area contributed by atoms with Crippen molar-refractivity contribution in [3.05, 3.63) is 65.0 Å². The van der Waals surface area contributed by atoms with Gasteiger partial charge in [-0.2, -0.15) is 0 Å². The first-order valence-corrected chi connectivity index (χ1v) is 10.5. The predicted molar refractivity (Wildman–Crippen MR) is 113 cm³/mol. The van der Waals surface area contributed by atoms with Crippen LogP contribution < -0.4 is 4.90 Å². The quantitative estimate of drug-likeness (QED) is 0.653. The molecule has 0 radical (unpaired) electrons. The number of hydrogen-bond acceptors (Lipinski definition) is 6. The van der Waals surface area contributed by atoms with Crippen LogP contribution in [0.1, 0.15) is 33.8 Å². The Morgan fingerprint density at radius 1 is 1.23 bits per heavy atom. The molecule has 1 fully saturated rings. The van der Waals surface area contributed by atoms with E-state index in [0.29, 0.717) is 17.0 Å². The first kappa shape index (κ1) is 22.3. The van der Waals surface area contributed by atoms with Crippen molar-refractivity contribution in [2.45, 2.75) is 19.2 Å². The van der Waals surface area contributed by atoms with Crippen LogP contribution in [-0.2, 0) is 9.53 Å². The maximum atomic E-state index is 13.3. The fourth-order valence-corrected chi connectivity index (χ4v) is 4.24. The van der Waals surface area contributed by atoms with Gasteiger partial charge in [0.2, 0.25) is 5.91 Å². The minimum absolute atomic E-state index is 0.0607. The molecule has 0 aliphatic carbocycles. The number of esters is 1. The van der Waals surface area contributed by atoms with Crippen LogP contribution in [0.2, 0.25) is 0 Å². The van der Waals surface area contributed by atoms with Gasteiger partial charge in [-0.15, -0.1) is 11.8 Å². The summed E-state index contributed by atoms with van der Waals surface area (Å²) in [5.41, 5.74) is 1.62. The lowest BCUT2D eigenvalue weighted by Crippen LogP contribution is -2.32. The molecule has 1 aliphatic rings. The van der Waals surface area contributed by atoms with E-state index < -0.39 is 11.4 Å². The molecule has 1 unspecified atom stereocenters. The third-order valence-corrected chi connectivity index (χ3v) is 6.24. The summed E-state index contributed by atoms with van der Waals surface area (Å²) in [4.78, 5) is 26.6. The van der Waals surface area contributed by atoms with E-state index in [4.69, 9.17) is 4.74 Å². The van der Waals surface area contributed by atoms with Crippen LogP contribution in [0, 0.1) is 18.2 Å². The van der Waals surface area contributed by atoms with Gasteiger partial charge in [0.1, 0.15) is 17.8 Å². The molecule has 8 heteroatoms. The number of ether oxygens (including phenoxy) is 1. The van der Waals surface area contributed by atoms with Gasteiger partial charge in [-0.3, -0.25) is 9.69 Å². The van der Waals surface area contributed by atoms with Crippen LogP contribution in [0.3, 0.4) is 0 Å². The number of halogens is 1. The Balaban J connectivity index is 1.80. The van der Waals surface area contributed by atoms with Gasteiger partial charge in [0, 0.05) is 11.1 Å². The maximum absolute atomic E-state index is 13.3. The number of nitrogens with zero attached hydrogens (tertiary/aromatic N) is 1. The number of benzene rings is 2. The van der Waals surface area contributed by atoms with Crippen molar-refractivity contribution >= 4 is 29.3 Å². The van der Waals surface area contributed by atoms with Crippen LogP contribution in [0.4, 0.5) is 10.1 Å². The summed E-state index contributed by atoms with van der Waals surface area (Å²) in [5.74, 6) is -0.659. The lowest BCUT2D eigenvalue weighted by Gasteiger charge is -2.26. The highest BCUT2D eigenvalue weighted by Crippen LogP contribution is 2.42. The van der Waals surface area contributed by atoms with E-state index in [9.17, 15) is 24.2 Å². The molecule has 2 aromatic carbocycles. The number of hydrogen-bond donors (Lipinski definition) is 2. The van der Waals surface area contributed by atoms with Gasteiger partial charge in [0.25, 0.3) is 0 Å². The van der Waals surface area contributed by atoms with Crippen LogP contribution in [0.5, 0.6) is 0 Å². The van der Waals surface area contributed by atoms with Gasteiger partial charge in [-0.25, -0.2) is 9.18 Å². The molecule has 1 amide bonds. The van der Waals surface area contributed by atoms with E-state index in [1.54, 1.807) is 49.1 Å². The van der Waals surface area contributed by atoms with Crippen LogP contribution in [-0.4, -0.2) is 47.7 Å². The average molecular weight is 434 g/mol. The molecule has 2 N–H and O–H groups in total. The smallest absolute Gasteiger partial charge is 0.338 e. The minimum Gasteiger partial charge on any atom is -0.461 e. The van der Waals surface area contributed by atoms with Crippen molar-refractivity contribution in [3.63, 3.8) is 0 Å². The lowest BCUT2D eigenvalue weighted by molar-refractivity contribution is -0.115. The average Bonchev–Trinajstić information content (AvgIpc) is 3.13. The van der Waals surface area contributed by atoms with E-state index in [0.717, 1.165) is 11.1 Å². The first-order chi connectivity index (χ1) is 14.3. The Hall–Kier alpha value is -2.42. The molecule has 3 rings (SSSR count). The lowest BCUT2D eigenvalue weighted by atomic mass is 9.94. The third-order valence-electron chi connectivity index (χ3n) is 5.03. The fourth-order valence-electron chi connectivity index (χ4n) is 3.08. The van der Waals surface area contributed by atoms with Crippen molar-refractivity contribution in [1.29, 1.82) is 0 Å². The molecule has 160 valence electrons. The summed E-state index contributed by atoms with van der Waals surface area (Å²) in [6.07, 6.45) is 0. The van der Waals surface area contributed by atoms with Crippen molar-refractivity contribution in [2.24, 2.45) is 5.41 Å². The molecule has 1 aliphatic heterocycles. The number of anilines is 1. The summed E-state index contributed by atoms with van der Waals surface area (Å²) < 4.78 is 18.5. The number of thioether (sulfide) groups is 1. The molecular weight excluding hydrogens is 409 g/mol. The number of aryl methyl sites for hydroxylation is 1. The molecule has 0 aromatic heterocycles. The monoisotopic (exact) mass is 433 g/mol. The van der Waals surface area contributed by atoms with Gasteiger partial charge in [-0.1, -0.05) is 19.1 Å². The summed E-state index contributed by atoms with van der Waals surface area (Å²) >= 11 is 1.46. The van der Waals surface area contributed by atoms with Gasteiger partial charge >= 0.3 is 5.97 Å². The second-order valence-electron chi connectivity index (χ2n) is 7.68. The second kappa shape index (κ2) is 9.16. The zero-order valence-electron chi connectivity index (χ0n) is 16.8. The van der Waals surface area contributed by atoms with Crippen molar-refractivity contribution < 1.29 is 28.9 Å². The van der Waals surface area contributed by atoms with Gasteiger partial charge in [0.05, 0.1) is 24.5 Å². The number of carbonyl (C=O) groups is 2. The molecule has 1 heterocycles. The molecule has 0 saturated carbocycles. The van der Waals surface area contributed by atoms with Gasteiger partial charge in [-0.05, 0) is 48.4 Å². The van der Waals surface area contributed by atoms with Crippen molar-refractivity contribution in [3.8, 4) is 0 Å². The summed E-state index contributed by atoms with van der Waals surface area (Å²) in [7, 11) is 0. The highest BCUT2D eigenvalue weighted by Gasteiger charge is 2.35. The van der Waals surface area contributed by atoms with Crippen molar-refractivity contribution in [1.82, 2.24) is 0 Å². The Labute approximate surface area is 178 Å². The van der Waals surface area contributed by atoms with E-state index in [-0.39, 0.29) is 36.9 Å². The number of aliphatic hydroxyl groups is 2. The van der Waals surface area contributed by atoms with Crippen LogP contribution >= 0.6 is 11.8 Å². The minimum atomic E-state index is -0.910. The first-order valence-electron chi connectivity index (χ1n) is 9.46. The second-order valence-corrected chi connectivity index (χ2v) is 8.75. The van der Waals surface area contributed by atoms with E-state index in [1.807, 2.05) is 0 Å². The Morgan fingerprint density at radius 2 is 1.90 bits per heavy atom. The van der Waals surface area contributed by atoms with E-state index >= 15 is 0 Å². The molecule has 0 spiro atoms. The molecule has 0 bridgehead atoms. The molecule has 2 aromatic rings. The fraction of sp³-hybridized carbons (Fsp3) is 0.364. The Bertz CT molecular complexity index is 930. The predicted octanol–water partition coefficient (Wildman–Crippen LogP) is 3.06. The Kier molecular flexibility index (Phi) is 6.80. The normalized spacial score (nSPS) is 16.8.